The summed E-state index contributed by atoms with van der Waals surface area (Å²) in [6, 6.07) is 14.0. The van der Waals surface area contributed by atoms with Gasteiger partial charge in [0.25, 0.3) is 5.91 Å². The molecule has 0 radical (unpaired) electrons. The number of amides is 1. The van der Waals surface area contributed by atoms with Crippen molar-refractivity contribution in [2.45, 2.75) is 26.4 Å². The van der Waals surface area contributed by atoms with Crippen molar-refractivity contribution in [1.82, 2.24) is 19.8 Å². The van der Waals surface area contributed by atoms with Crippen LogP contribution in [0.2, 0.25) is 0 Å². The van der Waals surface area contributed by atoms with E-state index in [0.717, 1.165) is 48.8 Å². The molecule has 2 heterocycles. The number of nitrogens with one attached hydrogen (secondary N) is 1. The summed E-state index contributed by atoms with van der Waals surface area (Å²) < 4.78 is 5.47. The molecule has 1 amide bonds. The van der Waals surface area contributed by atoms with Gasteiger partial charge in [0.1, 0.15) is 11.6 Å². The second kappa shape index (κ2) is 7.64. The van der Waals surface area contributed by atoms with Crippen molar-refractivity contribution >= 4 is 16.9 Å². The molecule has 1 saturated heterocycles. The Balaban J connectivity index is 1.45. The number of aryl methyl sites for hydroxylation is 1. The van der Waals surface area contributed by atoms with Crippen LogP contribution in [0, 0.1) is 6.92 Å². The molecule has 1 aromatic heterocycles. The van der Waals surface area contributed by atoms with Crippen molar-refractivity contribution < 1.29 is 9.53 Å². The van der Waals surface area contributed by atoms with Gasteiger partial charge in [0.15, 0.2) is 0 Å². The van der Waals surface area contributed by atoms with Crippen molar-refractivity contribution in [2.24, 2.45) is 0 Å². The summed E-state index contributed by atoms with van der Waals surface area (Å²) in [5, 5.41) is 0. The fourth-order valence-electron chi connectivity index (χ4n) is 3.99. The third-order valence-corrected chi connectivity index (χ3v) is 5.41. The van der Waals surface area contributed by atoms with Crippen LogP contribution in [0.5, 0.6) is 5.75 Å². The van der Waals surface area contributed by atoms with Crippen LogP contribution in [0.4, 0.5) is 0 Å². The minimum atomic E-state index is 0.0820. The van der Waals surface area contributed by atoms with Gasteiger partial charge in [-0.25, -0.2) is 4.98 Å². The Morgan fingerprint density at radius 3 is 2.86 bits per heavy atom. The summed E-state index contributed by atoms with van der Waals surface area (Å²) in [7, 11) is 1.70. The van der Waals surface area contributed by atoms with Crippen LogP contribution in [0.3, 0.4) is 0 Å². The number of ether oxygens (including phenoxy) is 1. The van der Waals surface area contributed by atoms with Crippen molar-refractivity contribution in [3.8, 4) is 5.75 Å². The van der Waals surface area contributed by atoms with Gasteiger partial charge in [-0.3, -0.25) is 9.69 Å². The zero-order valence-electron chi connectivity index (χ0n) is 16.6. The van der Waals surface area contributed by atoms with Gasteiger partial charge in [-0.2, -0.15) is 0 Å². The van der Waals surface area contributed by atoms with Crippen LogP contribution in [-0.4, -0.2) is 58.5 Å². The molecule has 1 N–H and O–H groups in total. The Bertz CT molecular complexity index is 997. The maximum absolute atomic E-state index is 13.1. The van der Waals surface area contributed by atoms with Crippen molar-refractivity contribution in [2.75, 3.05) is 26.7 Å². The number of nitrogens with zero attached hydrogens (tertiary/aromatic N) is 3. The molecular weight excluding hydrogens is 352 g/mol. The lowest BCUT2D eigenvalue weighted by Gasteiger charge is -2.40. The molecule has 4 rings (SSSR count). The largest absolute Gasteiger partial charge is 0.496 e. The van der Waals surface area contributed by atoms with Crippen LogP contribution in [0.1, 0.15) is 28.7 Å². The van der Waals surface area contributed by atoms with Gasteiger partial charge < -0.3 is 14.6 Å². The quantitative estimate of drug-likeness (QED) is 0.757. The molecular formula is C22H26N4O2. The number of hydrogen-bond donors (Lipinski definition) is 1. The number of aromatic nitrogens is 2. The van der Waals surface area contributed by atoms with E-state index in [-0.39, 0.29) is 11.9 Å². The highest BCUT2D eigenvalue weighted by Gasteiger charge is 2.28. The molecule has 146 valence electrons. The SMILES string of the molecule is COc1ccccc1CN1CCN(C(=O)c2ccc3nc(C)[nH]c3c2)[C@@H](C)C1. The van der Waals surface area contributed by atoms with Crippen LogP contribution in [-0.2, 0) is 6.54 Å². The van der Waals surface area contributed by atoms with E-state index < -0.39 is 0 Å². The maximum atomic E-state index is 13.1. The fourth-order valence-corrected chi connectivity index (χ4v) is 3.99. The predicted octanol–water partition coefficient (Wildman–Crippen LogP) is 3.23. The zero-order chi connectivity index (χ0) is 19.7. The molecule has 0 unspecified atom stereocenters. The van der Waals surface area contributed by atoms with E-state index in [1.54, 1.807) is 7.11 Å². The Morgan fingerprint density at radius 2 is 2.07 bits per heavy atom. The van der Waals surface area contributed by atoms with Gasteiger partial charge in [0.05, 0.1) is 18.1 Å². The van der Waals surface area contributed by atoms with Gasteiger partial charge in [-0.1, -0.05) is 18.2 Å². The Hall–Kier alpha value is -2.86. The summed E-state index contributed by atoms with van der Waals surface area (Å²) in [4.78, 5) is 25.1. The number of hydrogen-bond acceptors (Lipinski definition) is 4. The number of imidazole rings is 1. The number of aromatic amines is 1. The van der Waals surface area contributed by atoms with Gasteiger partial charge in [-0.15, -0.1) is 0 Å². The zero-order valence-corrected chi connectivity index (χ0v) is 16.6. The lowest BCUT2D eigenvalue weighted by molar-refractivity contribution is 0.0474. The summed E-state index contributed by atoms with van der Waals surface area (Å²) in [6.07, 6.45) is 0. The number of benzene rings is 2. The third-order valence-electron chi connectivity index (χ3n) is 5.41. The molecule has 0 saturated carbocycles. The number of methoxy groups -OCH3 is 1. The lowest BCUT2D eigenvalue weighted by atomic mass is 10.1. The van der Waals surface area contributed by atoms with Crippen LogP contribution >= 0.6 is 0 Å². The van der Waals surface area contributed by atoms with Crippen LogP contribution in [0.15, 0.2) is 42.5 Å². The van der Waals surface area contributed by atoms with Crippen molar-refractivity contribution in [3.05, 3.63) is 59.4 Å². The lowest BCUT2D eigenvalue weighted by Crippen LogP contribution is -2.53. The first-order valence-corrected chi connectivity index (χ1v) is 9.66. The normalized spacial score (nSPS) is 17.8. The Morgan fingerprint density at radius 1 is 1.25 bits per heavy atom. The molecule has 3 aromatic rings. The van der Waals surface area contributed by atoms with Gasteiger partial charge >= 0.3 is 0 Å². The molecule has 28 heavy (non-hydrogen) atoms. The molecule has 1 aliphatic rings. The first-order valence-electron chi connectivity index (χ1n) is 9.66. The summed E-state index contributed by atoms with van der Waals surface area (Å²) in [5.74, 6) is 1.85. The number of H-pyrrole nitrogens is 1. The average molecular weight is 378 g/mol. The highest BCUT2D eigenvalue weighted by Crippen LogP contribution is 2.22. The highest BCUT2D eigenvalue weighted by molar-refractivity contribution is 5.97. The monoisotopic (exact) mass is 378 g/mol. The first kappa shape index (κ1) is 18.5. The predicted molar refractivity (Wildman–Crippen MR) is 110 cm³/mol. The highest BCUT2D eigenvalue weighted by atomic mass is 16.5. The number of carbonyl (C=O) groups excluding carboxylic acids is 1. The maximum Gasteiger partial charge on any atom is 0.254 e. The van der Waals surface area contributed by atoms with E-state index >= 15 is 0 Å². The second-order valence-electron chi connectivity index (χ2n) is 7.45. The molecule has 2 aromatic carbocycles. The minimum absolute atomic E-state index is 0.0820. The first-order chi connectivity index (χ1) is 13.5. The molecule has 6 heteroatoms. The summed E-state index contributed by atoms with van der Waals surface area (Å²) >= 11 is 0. The summed E-state index contributed by atoms with van der Waals surface area (Å²) in [5.41, 5.74) is 3.69. The van der Waals surface area contributed by atoms with Crippen molar-refractivity contribution in [3.63, 3.8) is 0 Å². The topological polar surface area (TPSA) is 61.5 Å². The molecule has 1 fully saturated rings. The van der Waals surface area contributed by atoms with E-state index in [9.17, 15) is 4.79 Å². The number of para-hydroxylation sites is 1. The average Bonchev–Trinajstić information content (AvgIpc) is 3.07. The second-order valence-corrected chi connectivity index (χ2v) is 7.45. The van der Waals surface area contributed by atoms with Gasteiger partial charge in [0, 0.05) is 43.3 Å². The number of fused-ring (bicyclic) bond motifs is 1. The van der Waals surface area contributed by atoms with Crippen molar-refractivity contribution in [1.29, 1.82) is 0 Å². The number of carbonyl (C=O) groups is 1. The Labute approximate surface area is 165 Å². The molecule has 0 bridgehead atoms. The number of piperazine rings is 1. The summed E-state index contributed by atoms with van der Waals surface area (Å²) in [6.45, 7) is 7.27. The molecule has 1 atom stereocenters. The molecule has 6 nitrogen and oxygen atoms in total. The fraction of sp³-hybridized carbons (Fsp3) is 0.364. The van der Waals surface area contributed by atoms with Gasteiger partial charge in [-0.05, 0) is 38.1 Å². The van der Waals surface area contributed by atoms with Gasteiger partial charge in [0.2, 0.25) is 0 Å². The Kier molecular flexibility index (Phi) is 5.05. The smallest absolute Gasteiger partial charge is 0.254 e. The van der Waals surface area contributed by atoms with E-state index in [0.29, 0.717) is 5.56 Å². The standard InChI is InChI=1S/C22H26N4O2/c1-15-13-25(14-18-6-4-5-7-21(18)28-3)10-11-26(15)22(27)17-8-9-19-20(12-17)24-16(2)23-19/h4-9,12,15H,10-11,13-14H2,1-3H3,(H,23,24)/t15-/m0/s1. The van der Waals surface area contributed by atoms with E-state index in [2.05, 4.69) is 27.9 Å². The molecule has 1 aliphatic heterocycles. The van der Waals surface area contributed by atoms with Crippen LogP contribution < -0.4 is 4.74 Å². The van der Waals surface area contributed by atoms with Crippen LogP contribution in [0.25, 0.3) is 11.0 Å². The van der Waals surface area contributed by atoms with E-state index in [1.165, 1.54) is 5.56 Å². The van der Waals surface area contributed by atoms with E-state index in [1.807, 2.05) is 48.2 Å². The molecule has 0 aliphatic carbocycles. The van der Waals surface area contributed by atoms with E-state index in [4.69, 9.17) is 4.74 Å². The third kappa shape index (κ3) is 3.60. The molecule has 0 spiro atoms. The number of rotatable bonds is 4. The minimum Gasteiger partial charge on any atom is -0.496 e.